The maximum absolute atomic E-state index is 13.6. The largest absolute Gasteiger partial charge is 0.497 e. The summed E-state index contributed by atoms with van der Waals surface area (Å²) in [4.78, 5) is 28.1. The number of nitrogens with zero attached hydrogens (tertiary/aromatic N) is 1. The van der Waals surface area contributed by atoms with E-state index in [4.69, 9.17) is 14.2 Å². The van der Waals surface area contributed by atoms with Gasteiger partial charge in [0.1, 0.15) is 28.8 Å². The van der Waals surface area contributed by atoms with Gasteiger partial charge in [-0.1, -0.05) is 30.3 Å². The van der Waals surface area contributed by atoms with E-state index in [9.17, 15) is 14.0 Å². The molecule has 1 N–H and O–H groups in total. The lowest BCUT2D eigenvalue weighted by Crippen LogP contribution is -2.32. The number of carbonyl (C=O) groups is 2. The Morgan fingerprint density at radius 1 is 0.824 bits per heavy atom. The van der Waals surface area contributed by atoms with E-state index < -0.39 is 17.6 Å². The highest BCUT2D eigenvalue weighted by Gasteiger charge is 2.39. The predicted octanol–water partition coefficient (Wildman–Crippen LogP) is 4.24. The summed E-state index contributed by atoms with van der Waals surface area (Å²) in [6.45, 7) is 0.0129. The number of halogens is 1. The summed E-state index contributed by atoms with van der Waals surface area (Å²) in [6, 6.07) is 17.6. The molecule has 0 spiro atoms. The first kappa shape index (κ1) is 22.8. The maximum atomic E-state index is 13.6. The van der Waals surface area contributed by atoms with Crippen LogP contribution in [0.15, 0.2) is 72.4 Å². The Balaban J connectivity index is 1.77. The lowest BCUT2D eigenvalue weighted by atomic mass is 10.0. The molecule has 4 rings (SSSR count). The third kappa shape index (κ3) is 4.43. The zero-order valence-corrected chi connectivity index (χ0v) is 18.9. The number of ether oxygens (including phenoxy) is 3. The number of carbonyl (C=O) groups excluding carboxylic acids is 2. The van der Waals surface area contributed by atoms with Crippen molar-refractivity contribution in [2.24, 2.45) is 0 Å². The molecule has 1 heterocycles. The number of amides is 2. The van der Waals surface area contributed by atoms with Gasteiger partial charge in [-0.05, 0) is 23.8 Å². The highest BCUT2D eigenvalue weighted by atomic mass is 19.1. The third-order valence-corrected chi connectivity index (χ3v) is 5.44. The zero-order valence-electron chi connectivity index (χ0n) is 18.9. The van der Waals surface area contributed by atoms with Crippen molar-refractivity contribution in [1.29, 1.82) is 0 Å². The topological polar surface area (TPSA) is 77.1 Å². The summed E-state index contributed by atoms with van der Waals surface area (Å²) in [5.74, 6) is 0.114. The number of benzene rings is 3. The van der Waals surface area contributed by atoms with Crippen molar-refractivity contribution in [3.63, 3.8) is 0 Å². The van der Waals surface area contributed by atoms with Crippen LogP contribution < -0.4 is 19.5 Å². The van der Waals surface area contributed by atoms with E-state index in [1.807, 2.05) is 0 Å². The van der Waals surface area contributed by atoms with Crippen LogP contribution in [0.25, 0.3) is 5.57 Å². The van der Waals surface area contributed by atoms with Gasteiger partial charge in [0, 0.05) is 29.4 Å². The smallest absolute Gasteiger partial charge is 0.278 e. The fraction of sp³-hybridized carbons (Fsp3) is 0.154. The molecule has 0 saturated carbocycles. The second-order valence-electron chi connectivity index (χ2n) is 7.49. The Hall–Kier alpha value is -4.33. The van der Waals surface area contributed by atoms with Gasteiger partial charge in [-0.25, -0.2) is 4.39 Å². The summed E-state index contributed by atoms with van der Waals surface area (Å²) >= 11 is 0. The van der Waals surface area contributed by atoms with Gasteiger partial charge in [0.2, 0.25) is 0 Å². The highest BCUT2D eigenvalue weighted by molar-refractivity contribution is 6.36. The van der Waals surface area contributed by atoms with E-state index in [0.717, 1.165) is 4.90 Å². The number of nitrogens with one attached hydrogen (secondary N) is 1. The zero-order chi connectivity index (χ0) is 24.2. The summed E-state index contributed by atoms with van der Waals surface area (Å²) < 4.78 is 29.6. The van der Waals surface area contributed by atoms with Gasteiger partial charge in [-0.3, -0.25) is 14.5 Å². The molecule has 8 heteroatoms. The molecule has 0 radical (unpaired) electrons. The molecule has 0 aromatic heterocycles. The monoisotopic (exact) mass is 462 g/mol. The van der Waals surface area contributed by atoms with Crippen LogP contribution in [-0.4, -0.2) is 38.0 Å². The van der Waals surface area contributed by atoms with Crippen LogP contribution in [0, 0.1) is 5.82 Å². The summed E-state index contributed by atoms with van der Waals surface area (Å²) in [7, 11) is 4.56. The predicted molar refractivity (Wildman–Crippen MR) is 125 cm³/mol. The van der Waals surface area contributed by atoms with E-state index in [1.165, 1.54) is 45.6 Å². The van der Waals surface area contributed by atoms with Crippen molar-refractivity contribution in [2.75, 3.05) is 26.6 Å². The highest BCUT2D eigenvalue weighted by Crippen LogP contribution is 2.34. The summed E-state index contributed by atoms with van der Waals surface area (Å²) in [5, 5.41) is 3.06. The Bertz CT molecular complexity index is 1250. The van der Waals surface area contributed by atoms with Crippen LogP contribution in [0.1, 0.15) is 11.1 Å². The fourth-order valence-corrected chi connectivity index (χ4v) is 3.75. The molecule has 0 bridgehead atoms. The molecule has 0 saturated heterocycles. The first-order valence-electron chi connectivity index (χ1n) is 10.4. The number of anilines is 1. The number of para-hydroxylation sites is 1. The molecule has 34 heavy (non-hydrogen) atoms. The van der Waals surface area contributed by atoms with Crippen molar-refractivity contribution in [3.8, 4) is 17.2 Å². The minimum Gasteiger partial charge on any atom is -0.497 e. The van der Waals surface area contributed by atoms with Gasteiger partial charge in [0.15, 0.2) is 0 Å². The SMILES string of the molecule is COc1cc(NC2=C(c3ccc(F)cc3)C(=O)N(Cc3ccccc3OC)C2=O)cc(OC)c1. The first-order chi connectivity index (χ1) is 16.4. The maximum Gasteiger partial charge on any atom is 0.278 e. The van der Waals surface area contributed by atoms with Crippen LogP contribution in [0.3, 0.4) is 0 Å². The van der Waals surface area contributed by atoms with Gasteiger partial charge in [0.25, 0.3) is 11.8 Å². The molecule has 0 aliphatic carbocycles. The minimum atomic E-state index is -0.517. The van der Waals surface area contributed by atoms with Crippen LogP contribution in [0.2, 0.25) is 0 Å². The molecule has 0 fully saturated rings. The Morgan fingerprint density at radius 3 is 2.09 bits per heavy atom. The summed E-state index contributed by atoms with van der Waals surface area (Å²) in [5.41, 5.74) is 1.80. The molecule has 1 aliphatic rings. The fourth-order valence-electron chi connectivity index (χ4n) is 3.75. The average Bonchev–Trinajstić information content (AvgIpc) is 3.08. The molecule has 0 atom stereocenters. The van der Waals surface area contributed by atoms with Crippen molar-refractivity contribution in [2.45, 2.75) is 6.54 Å². The molecular formula is C26H23FN2O5. The summed E-state index contributed by atoms with van der Waals surface area (Å²) in [6.07, 6.45) is 0. The minimum absolute atomic E-state index is 0.0129. The number of imide groups is 1. The Labute approximate surface area is 196 Å². The van der Waals surface area contributed by atoms with Crippen LogP contribution in [0.5, 0.6) is 17.2 Å². The number of hydrogen-bond donors (Lipinski definition) is 1. The lowest BCUT2D eigenvalue weighted by Gasteiger charge is -2.17. The van der Waals surface area contributed by atoms with Crippen molar-refractivity contribution >= 4 is 23.1 Å². The number of rotatable bonds is 8. The van der Waals surface area contributed by atoms with Crippen molar-refractivity contribution in [3.05, 3.63) is 89.4 Å². The van der Waals surface area contributed by atoms with Gasteiger partial charge in [-0.2, -0.15) is 0 Å². The quantitative estimate of drug-likeness (QED) is 0.505. The molecule has 0 unspecified atom stereocenters. The number of hydrogen-bond acceptors (Lipinski definition) is 6. The Morgan fingerprint density at radius 2 is 1.47 bits per heavy atom. The average molecular weight is 462 g/mol. The van der Waals surface area contributed by atoms with Crippen LogP contribution >= 0.6 is 0 Å². The van der Waals surface area contributed by atoms with Crippen LogP contribution in [-0.2, 0) is 16.1 Å². The standard InChI is InChI=1S/C26H23FN2O5/c1-32-20-12-19(13-21(14-20)33-2)28-24-23(16-8-10-18(27)11-9-16)25(30)29(26(24)31)15-17-6-4-5-7-22(17)34-3/h4-14,28H,15H2,1-3H3. The van der Waals surface area contributed by atoms with Crippen LogP contribution in [0.4, 0.5) is 10.1 Å². The van der Waals surface area contributed by atoms with E-state index >= 15 is 0 Å². The third-order valence-electron chi connectivity index (χ3n) is 5.44. The van der Waals surface area contributed by atoms with E-state index in [1.54, 1.807) is 42.5 Å². The molecule has 3 aromatic carbocycles. The Kier molecular flexibility index (Phi) is 6.49. The number of methoxy groups -OCH3 is 3. The second-order valence-corrected chi connectivity index (χ2v) is 7.49. The normalized spacial score (nSPS) is 13.4. The van der Waals surface area contributed by atoms with Gasteiger partial charge >= 0.3 is 0 Å². The second kappa shape index (κ2) is 9.66. The van der Waals surface area contributed by atoms with Gasteiger partial charge in [-0.15, -0.1) is 0 Å². The first-order valence-corrected chi connectivity index (χ1v) is 10.4. The van der Waals surface area contributed by atoms with E-state index in [2.05, 4.69) is 5.32 Å². The molecule has 7 nitrogen and oxygen atoms in total. The van der Waals surface area contributed by atoms with E-state index in [-0.39, 0.29) is 17.8 Å². The van der Waals surface area contributed by atoms with Gasteiger partial charge in [0.05, 0.1) is 33.4 Å². The molecular weight excluding hydrogens is 439 g/mol. The molecule has 2 amide bonds. The lowest BCUT2D eigenvalue weighted by molar-refractivity contribution is -0.137. The van der Waals surface area contributed by atoms with Crippen molar-refractivity contribution in [1.82, 2.24) is 4.90 Å². The molecule has 3 aromatic rings. The van der Waals surface area contributed by atoms with Gasteiger partial charge < -0.3 is 19.5 Å². The van der Waals surface area contributed by atoms with Crippen molar-refractivity contribution < 1.29 is 28.2 Å². The molecule has 174 valence electrons. The molecule has 1 aliphatic heterocycles. The van der Waals surface area contributed by atoms with E-state index in [0.29, 0.717) is 34.1 Å².